The van der Waals surface area contributed by atoms with Crippen LogP contribution >= 0.6 is 11.6 Å². The summed E-state index contributed by atoms with van der Waals surface area (Å²) >= 11 is 5.91. The van der Waals surface area contributed by atoms with E-state index in [1.807, 2.05) is 29.2 Å². The molecular formula is C17H25ClN2O. The standard InChI is InChI=1S/C17H25ClN2O/c1-2-3-4-5-6-17(21)20-13-11-19(12-14-20)16-9-7-15(18)8-10-16/h7-10H,2-6,11-14H2,1H3. The third-order valence-corrected chi connectivity index (χ3v) is 4.32. The second-order valence-electron chi connectivity index (χ2n) is 5.65. The van der Waals surface area contributed by atoms with Gasteiger partial charge in [-0.2, -0.15) is 0 Å². The molecule has 1 amide bonds. The van der Waals surface area contributed by atoms with Gasteiger partial charge in [0.15, 0.2) is 0 Å². The summed E-state index contributed by atoms with van der Waals surface area (Å²) in [7, 11) is 0. The summed E-state index contributed by atoms with van der Waals surface area (Å²) in [6.45, 7) is 5.66. The Labute approximate surface area is 132 Å². The Hall–Kier alpha value is -1.22. The Bertz CT molecular complexity index is 439. The highest BCUT2D eigenvalue weighted by Crippen LogP contribution is 2.19. The third kappa shape index (κ3) is 4.92. The molecule has 1 aliphatic rings. The van der Waals surface area contributed by atoms with Crippen molar-refractivity contribution in [1.29, 1.82) is 0 Å². The maximum absolute atomic E-state index is 12.1. The summed E-state index contributed by atoms with van der Waals surface area (Å²) in [5, 5.41) is 0.764. The fourth-order valence-corrected chi connectivity index (χ4v) is 2.85. The SMILES string of the molecule is CCCCCCC(=O)N1CCN(c2ccc(Cl)cc2)CC1. The van der Waals surface area contributed by atoms with Crippen molar-refractivity contribution < 1.29 is 4.79 Å². The monoisotopic (exact) mass is 308 g/mol. The zero-order chi connectivity index (χ0) is 15.1. The number of carbonyl (C=O) groups excluding carboxylic acids is 1. The van der Waals surface area contributed by atoms with Crippen molar-refractivity contribution in [3.05, 3.63) is 29.3 Å². The number of anilines is 1. The number of hydrogen-bond donors (Lipinski definition) is 0. The maximum atomic E-state index is 12.1. The van der Waals surface area contributed by atoms with Crippen LogP contribution in [-0.4, -0.2) is 37.0 Å². The molecule has 0 aromatic heterocycles. The van der Waals surface area contributed by atoms with Crippen LogP contribution in [0, 0.1) is 0 Å². The van der Waals surface area contributed by atoms with Gasteiger partial charge in [0.2, 0.25) is 5.91 Å². The molecule has 1 aromatic carbocycles. The highest BCUT2D eigenvalue weighted by atomic mass is 35.5. The van der Waals surface area contributed by atoms with Crippen LogP contribution in [0.1, 0.15) is 39.0 Å². The largest absolute Gasteiger partial charge is 0.368 e. The number of halogens is 1. The lowest BCUT2D eigenvalue weighted by Crippen LogP contribution is -2.48. The van der Waals surface area contributed by atoms with Crippen LogP contribution in [0.4, 0.5) is 5.69 Å². The van der Waals surface area contributed by atoms with E-state index in [4.69, 9.17) is 11.6 Å². The lowest BCUT2D eigenvalue weighted by Gasteiger charge is -2.36. The molecule has 1 heterocycles. The molecule has 0 bridgehead atoms. The van der Waals surface area contributed by atoms with Crippen molar-refractivity contribution in [2.24, 2.45) is 0 Å². The van der Waals surface area contributed by atoms with Gasteiger partial charge in [0, 0.05) is 43.3 Å². The van der Waals surface area contributed by atoms with E-state index in [1.165, 1.54) is 24.9 Å². The lowest BCUT2D eigenvalue weighted by atomic mass is 10.1. The van der Waals surface area contributed by atoms with E-state index in [9.17, 15) is 4.79 Å². The van der Waals surface area contributed by atoms with Gasteiger partial charge in [0.05, 0.1) is 0 Å². The van der Waals surface area contributed by atoms with Gasteiger partial charge >= 0.3 is 0 Å². The van der Waals surface area contributed by atoms with Gasteiger partial charge in [-0.15, -0.1) is 0 Å². The second-order valence-corrected chi connectivity index (χ2v) is 6.09. The molecule has 1 saturated heterocycles. The molecule has 116 valence electrons. The Morgan fingerprint density at radius 2 is 1.71 bits per heavy atom. The van der Waals surface area contributed by atoms with Gasteiger partial charge < -0.3 is 9.80 Å². The van der Waals surface area contributed by atoms with Crippen molar-refractivity contribution in [3.8, 4) is 0 Å². The molecule has 1 aliphatic heterocycles. The van der Waals surface area contributed by atoms with Crippen molar-refractivity contribution in [2.75, 3.05) is 31.1 Å². The minimum atomic E-state index is 0.321. The first-order chi connectivity index (χ1) is 10.2. The van der Waals surface area contributed by atoms with Gasteiger partial charge in [-0.05, 0) is 30.7 Å². The predicted octanol–water partition coefficient (Wildman–Crippen LogP) is 3.96. The highest BCUT2D eigenvalue weighted by Gasteiger charge is 2.20. The summed E-state index contributed by atoms with van der Waals surface area (Å²) in [6.07, 6.45) is 5.36. The van der Waals surface area contributed by atoms with E-state index < -0.39 is 0 Å². The second kappa shape index (κ2) is 8.28. The Morgan fingerprint density at radius 1 is 1.05 bits per heavy atom. The topological polar surface area (TPSA) is 23.6 Å². The Morgan fingerprint density at radius 3 is 2.33 bits per heavy atom. The Balaban J connectivity index is 1.75. The quantitative estimate of drug-likeness (QED) is 0.743. The average molecular weight is 309 g/mol. The zero-order valence-corrected chi connectivity index (χ0v) is 13.6. The van der Waals surface area contributed by atoms with Crippen molar-refractivity contribution in [1.82, 2.24) is 4.90 Å². The number of piperazine rings is 1. The van der Waals surface area contributed by atoms with Gasteiger partial charge in [-0.3, -0.25) is 4.79 Å². The van der Waals surface area contributed by atoms with E-state index in [-0.39, 0.29) is 0 Å². The first-order valence-corrected chi connectivity index (χ1v) is 8.37. The molecule has 0 radical (unpaired) electrons. The first kappa shape index (κ1) is 16.2. The van der Waals surface area contributed by atoms with E-state index in [0.29, 0.717) is 12.3 Å². The molecule has 3 nitrogen and oxygen atoms in total. The summed E-state index contributed by atoms with van der Waals surface area (Å²) in [5.74, 6) is 0.321. The number of unbranched alkanes of at least 4 members (excludes halogenated alkanes) is 3. The molecule has 0 unspecified atom stereocenters. The van der Waals surface area contributed by atoms with Crippen LogP contribution < -0.4 is 4.90 Å². The molecule has 21 heavy (non-hydrogen) atoms. The van der Waals surface area contributed by atoms with E-state index in [1.54, 1.807) is 0 Å². The normalized spacial score (nSPS) is 15.3. The molecule has 0 aliphatic carbocycles. The number of nitrogens with zero attached hydrogens (tertiary/aromatic N) is 2. The van der Waals surface area contributed by atoms with Gasteiger partial charge in [-0.1, -0.05) is 37.8 Å². The molecule has 0 saturated carbocycles. The minimum Gasteiger partial charge on any atom is -0.368 e. The number of carbonyl (C=O) groups is 1. The van der Waals surface area contributed by atoms with Crippen molar-refractivity contribution in [3.63, 3.8) is 0 Å². The van der Waals surface area contributed by atoms with Crippen molar-refractivity contribution in [2.45, 2.75) is 39.0 Å². The van der Waals surface area contributed by atoms with E-state index in [2.05, 4.69) is 11.8 Å². The lowest BCUT2D eigenvalue weighted by molar-refractivity contribution is -0.131. The summed E-state index contributed by atoms with van der Waals surface area (Å²) in [4.78, 5) is 16.5. The van der Waals surface area contributed by atoms with Crippen LogP contribution in [0.2, 0.25) is 5.02 Å². The molecule has 1 fully saturated rings. The minimum absolute atomic E-state index is 0.321. The summed E-state index contributed by atoms with van der Waals surface area (Å²) in [5.41, 5.74) is 1.19. The summed E-state index contributed by atoms with van der Waals surface area (Å²) in [6, 6.07) is 7.93. The van der Waals surface area contributed by atoms with Gasteiger partial charge in [0.1, 0.15) is 0 Å². The van der Waals surface area contributed by atoms with Crippen LogP contribution in [0.5, 0.6) is 0 Å². The Kier molecular flexibility index (Phi) is 6.37. The molecule has 0 N–H and O–H groups in total. The summed E-state index contributed by atoms with van der Waals surface area (Å²) < 4.78 is 0. The van der Waals surface area contributed by atoms with E-state index in [0.717, 1.165) is 37.6 Å². The first-order valence-electron chi connectivity index (χ1n) is 7.99. The third-order valence-electron chi connectivity index (χ3n) is 4.07. The predicted molar refractivity (Wildman–Crippen MR) is 89.0 cm³/mol. The number of benzene rings is 1. The smallest absolute Gasteiger partial charge is 0.222 e. The van der Waals surface area contributed by atoms with Gasteiger partial charge in [-0.25, -0.2) is 0 Å². The number of hydrogen-bond acceptors (Lipinski definition) is 2. The molecule has 0 spiro atoms. The van der Waals surface area contributed by atoms with E-state index >= 15 is 0 Å². The fourth-order valence-electron chi connectivity index (χ4n) is 2.73. The number of amides is 1. The molecular weight excluding hydrogens is 284 g/mol. The van der Waals surface area contributed by atoms with Crippen LogP contribution in [-0.2, 0) is 4.79 Å². The maximum Gasteiger partial charge on any atom is 0.222 e. The molecule has 2 rings (SSSR count). The van der Waals surface area contributed by atoms with Crippen LogP contribution in [0.3, 0.4) is 0 Å². The molecule has 1 aromatic rings. The number of rotatable bonds is 6. The fraction of sp³-hybridized carbons (Fsp3) is 0.588. The molecule has 0 atom stereocenters. The average Bonchev–Trinajstić information content (AvgIpc) is 2.52. The van der Waals surface area contributed by atoms with Gasteiger partial charge in [0.25, 0.3) is 0 Å². The van der Waals surface area contributed by atoms with Crippen LogP contribution in [0.25, 0.3) is 0 Å². The van der Waals surface area contributed by atoms with Crippen LogP contribution in [0.15, 0.2) is 24.3 Å². The van der Waals surface area contributed by atoms with Crippen molar-refractivity contribution >= 4 is 23.2 Å². The molecule has 4 heteroatoms. The zero-order valence-electron chi connectivity index (χ0n) is 12.9. The highest BCUT2D eigenvalue weighted by molar-refractivity contribution is 6.30.